The van der Waals surface area contributed by atoms with E-state index < -0.39 is 8.32 Å². The molecule has 1 unspecified atom stereocenters. The highest BCUT2D eigenvalue weighted by Gasteiger charge is 2.20. The molecule has 0 aliphatic heterocycles. The highest BCUT2D eigenvalue weighted by Crippen LogP contribution is 2.13. The fourth-order valence-corrected chi connectivity index (χ4v) is 2.30. The quantitative estimate of drug-likeness (QED) is 0.391. The summed E-state index contributed by atoms with van der Waals surface area (Å²) < 4.78 is 10.2. The number of hydrogen-bond acceptors (Lipinski definition) is 4. The Bertz CT molecular complexity index is 255. The van der Waals surface area contributed by atoms with E-state index in [2.05, 4.69) is 30.4 Å². The summed E-state index contributed by atoms with van der Waals surface area (Å²) in [6.07, 6.45) is 2.35. The lowest BCUT2D eigenvalue weighted by Crippen LogP contribution is -2.31. The summed E-state index contributed by atoms with van der Waals surface area (Å²) in [5.74, 6) is -0.195. The SMILES string of the molecule is COC(=O)CCCCC(C#N)O[Si](C)(C)C. The lowest BCUT2D eigenvalue weighted by molar-refractivity contribution is -0.140. The monoisotopic (exact) mass is 243 g/mol. The number of carbonyl (C=O) groups is 1. The van der Waals surface area contributed by atoms with Gasteiger partial charge in [0.2, 0.25) is 0 Å². The number of hydrogen-bond donors (Lipinski definition) is 0. The molecule has 0 saturated carbocycles. The number of rotatable bonds is 7. The summed E-state index contributed by atoms with van der Waals surface area (Å²) >= 11 is 0. The van der Waals surface area contributed by atoms with E-state index in [1.807, 2.05) is 0 Å². The van der Waals surface area contributed by atoms with Crippen molar-refractivity contribution in [2.45, 2.75) is 51.4 Å². The van der Waals surface area contributed by atoms with E-state index in [1.54, 1.807) is 0 Å². The molecule has 0 spiro atoms. The van der Waals surface area contributed by atoms with Crippen LogP contribution in [-0.4, -0.2) is 27.5 Å². The lowest BCUT2D eigenvalue weighted by atomic mass is 10.1. The van der Waals surface area contributed by atoms with Crippen LogP contribution in [0.25, 0.3) is 0 Å². The topological polar surface area (TPSA) is 59.3 Å². The van der Waals surface area contributed by atoms with E-state index >= 15 is 0 Å². The van der Waals surface area contributed by atoms with E-state index in [4.69, 9.17) is 9.69 Å². The van der Waals surface area contributed by atoms with Crippen LogP contribution in [-0.2, 0) is 14.0 Å². The van der Waals surface area contributed by atoms with Crippen molar-refractivity contribution < 1.29 is 14.0 Å². The van der Waals surface area contributed by atoms with Crippen molar-refractivity contribution in [3.05, 3.63) is 0 Å². The molecule has 0 aromatic rings. The van der Waals surface area contributed by atoms with E-state index in [-0.39, 0.29) is 12.1 Å². The number of nitriles is 1. The fraction of sp³-hybridized carbons (Fsp3) is 0.818. The van der Waals surface area contributed by atoms with Gasteiger partial charge >= 0.3 is 5.97 Å². The zero-order chi connectivity index (χ0) is 12.6. The lowest BCUT2D eigenvalue weighted by Gasteiger charge is -2.21. The molecule has 0 bridgehead atoms. The Morgan fingerprint density at radius 2 is 2.00 bits per heavy atom. The summed E-state index contributed by atoms with van der Waals surface area (Å²) in [5, 5.41) is 8.90. The Kier molecular flexibility index (Phi) is 7.02. The molecule has 1 atom stereocenters. The van der Waals surface area contributed by atoms with Gasteiger partial charge in [0.25, 0.3) is 0 Å². The summed E-state index contributed by atoms with van der Waals surface area (Å²) in [6, 6.07) is 2.16. The van der Waals surface area contributed by atoms with Crippen molar-refractivity contribution in [1.29, 1.82) is 5.26 Å². The summed E-state index contributed by atoms with van der Waals surface area (Å²) in [7, 11) is -0.261. The molecule has 0 saturated heterocycles. The van der Waals surface area contributed by atoms with Crippen molar-refractivity contribution in [2.75, 3.05) is 7.11 Å². The van der Waals surface area contributed by atoms with Crippen molar-refractivity contribution in [3.8, 4) is 6.07 Å². The summed E-state index contributed by atoms with van der Waals surface area (Å²) in [5.41, 5.74) is 0. The Hall–Kier alpha value is -0.863. The molecule has 16 heavy (non-hydrogen) atoms. The molecule has 0 aromatic carbocycles. The van der Waals surface area contributed by atoms with Crippen molar-refractivity contribution in [2.24, 2.45) is 0 Å². The Balaban J connectivity index is 3.73. The molecule has 0 N–H and O–H groups in total. The minimum atomic E-state index is -1.64. The Morgan fingerprint density at radius 1 is 1.38 bits per heavy atom. The van der Waals surface area contributed by atoms with Gasteiger partial charge < -0.3 is 9.16 Å². The first-order valence-electron chi connectivity index (χ1n) is 5.53. The van der Waals surface area contributed by atoms with Crippen LogP contribution in [0.4, 0.5) is 0 Å². The number of nitrogens with zero attached hydrogens (tertiary/aromatic N) is 1. The van der Waals surface area contributed by atoms with Crippen molar-refractivity contribution in [1.82, 2.24) is 0 Å². The third-order valence-corrected chi connectivity index (χ3v) is 2.96. The summed E-state index contributed by atoms with van der Waals surface area (Å²) in [6.45, 7) is 6.18. The molecule has 92 valence electrons. The number of methoxy groups -OCH3 is 1. The molecule has 0 radical (unpaired) electrons. The third kappa shape index (κ3) is 8.45. The average molecular weight is 243 g/mol. The Morgan fingerprint density at radius 3 is 2.44 bits per heavy atom. The Labute approximate surface area is 98.7 Å². The van der Waals surface area contributed by atoms with E-state index in [0.29, 0.717) is 12.8 Å². The van der Waals surface area contributed by atoms with Crippen LogP contribution in [0.5, 0.6) is 0 Å². The van der Waals surface area contributed by atoms with Gasteiger partial charge in [-0.25, -0.2) is 0 Å². The first-order chi connectivity index (χ1) is 7.39. The summed E-state index contributed by atoms with van der Waals surface area (Å²) in [4.78, 5) is 10.8. The number of carbonyl (C=O) groups excluding carboxylic acids is 1. The predicted octanol–water partition coefficient (Wildman–Crippen LogP) is 2.46. The molecular formula is C11H21NO3Si. The zero-order valence-corrected chi connectivity index (χ0v) is 11.6. The standard InChI is InChI=1S/C11H21NO3Si/c1-14-11(13)8-6-5-7-10(9-12)15-16(2,3)4/h10H,5-8H2,1-4H3. The van der Waals surface area contributed by atoms with Crippen LogP contribution < -0.4 is 0 Å². The predicted molar refractivity (Wildman–Crippen MR) is 64.3 cm³/mol. The molecular weight excluding hydrogens is 222 g/mol. The van der Waals surface area contributed by atoms with Crippen LogP contribution in [0, 0.1) is 11.3 Å². The van der Waals surface area contributed by atoms with Gasteiger partial charge in [-0.15, -0.1) is 0 Å². The second-order valence-electron chi connectivity index (χ2n) is 4.67. The normalized spacial score (nSPS) is 12.9. The van der Waals surface area contributed by atoms with Crippen LogP contribution >= 0.6 is 0 Å². The molecule has 0 fully saturated rings. The van der Waals surface area contributed by atoms with Gasteiger partial charge in [-0.05, 0) is 38.9 Å². The van der Waals surface area contributed by atoms with Gasteiger partial charge in [-0.3, -0.25) is 4.79 Å². The van der Waals surface area contributed by atoms with Crippen molar-refractivity contribution >= 4 is 14.3 Å². The average Bonchev–Trinajstić information content (AvgIpc) is 2.20. The smallest absolute Gasteiger partial charge is 0.305 e. The highest BCUT2D eigenvalue weighted by atomic mass is 28.4. The molecule has 0 aliphatic carbocycles. The third-order valence-electron chi connectivity index (χ3n) is 1.96. The fourth-order valence-electron chi connectivity index (χ4n) is 1.28. The second kappa shape index (κ2) is 7.42. The van der Waals surface area contributed by atoms with Crippen LogP contribution in [0.2, 0.25) is 19.6 Å². The van der Waals surface area contributed by atoms with E-state index in [0.717, 1.165) is 12.8 Å². The van der Waals surface area contributed by atoms with Gasteiger partial charge in [0.1, 0.15) is 6.10 Å². The van der Waals surface area contributed by atoms with Gasteiger partial charge in [-0.2, -0.15) is 5.26 Å². The minimum absolute atomic E-state index is 0.195. The molecule has 0 aromatic heterocycles. The van der Waals surface area contributed by atoms with Gasteiger partial charge in [0.15, 0.2) is 8.32 Å². The van der Waals surface area contributed by atoms with Crippen LogP contribution in [0.3, 0.4) is 0 Å². The first-order valence-corrected chi connectivity index (χ1v) is 8.94. The number of unbranched alkanes of at least 4 members (excludes halogenated alkanes) is 1. The van der Waals surface area contributed by atoms with Gasteiger partial charge in [0.05, 0.1) is 13.2 Å². The first kappa shape index (κ1) is 15.1. The zero-order valence-electron chi connectivity index (χ0n) is 10.6. The molecule has 0 amide bonds. The molecule has 0 heterocycles. The molecule has 0 rings (SSSR count). The molecule has 4 nitrogen and oxygen atoms in total. The number of ether oxygens (including phenoxy) is 1. The van der Waals surface area contributed by atoms with E-state index in [1.165, 1.54) is 7.11 Å². The number of esters is 1. The maximum atomic E-state index is 10.8. The van der Waals surface area contributed by atoms with Gasteiger partial charge in [-0.1, -0.05) is 0 Å². The van der Waals surface area contributed by atoms with Crippen LogP contribution in [0.1, 0.15) is 25.7 Å². The van der Waals surface area contributed by atoms with E-state index in [9.17, 15) is 4.79 Å². The second-order valence-corrected chi connectivity index (χ2v) is 9.13. The maximum Gasteiger partial charge on any atom is 0.305 e. The minimum Gasteiger partial charge on any atom is -0.469 e. The van der Waals surface area contributed by atoms with Crippen LogP contribution in [0.15, 0.2) is 0 Å². The van der Waals surface area contributed by atoms with Gasteiger partial charge in [0, 0.05) is 6.42 Å². The largest absolute Gasteiger partial charge is 0.469 e. The highest BCUT2D eigenvalue weighted by molar-refractivity contribution is 6.69. The molecule has 0 aliphatic rings. The maximum absolute atomic E-state index is 10.8. The van der Waals surface area contributed by atoms with Crippen molar-refractivity contribution in [3.63, 3.8) is 0 Å². The molecule has 5 heteroatoms.